The smallest absolute Gasteiger partial charge is 0.223 e. The molecule has 0 saturated carbocycles. The molecule has 3 rings (SSSR count). The normalized spacial score (nSPS) is 14.0. The lowest BCUT2D eigenvalue weighted by atomic mass is 9.76. The van der Waals surface area contributed by atoms with Gasteiger partial charge in [-0.05, 0) is 35.4 Å². The quantitative estimate of drug-likeness (QED) is 0.461. The number of primary amides is 1. The van der Waals surface area contributed by atoms with E-state index in [1.165, 1.54) is 22.3 Å². The summed E-state index contributed by atoms with van der Waals surface area (Å²) in [5.74, 6) is 0.0780. The number of nitrogens with zero attached hydrogens (tertiary/aromatic N) is 2. The molecule has 2 atom stereocenters. The Morgan fingerprint density at radius 2 is 1.44 bits per heavy atom. The number of hydrogen-bond acceptors (Lipinski definition) is 1. The van der Waals surface area contributed by atoms with Gasteiger partial charge in [0.05, 0.1) is 0 Å². The predicted octanol–water partition coefficient (Wildman–Crippen LogP) is 4.78. The van der Waals surface area contributed by atoms with E-state index in [4.69, 9.17) is 5.73 Å². The molecule has 1 aromatic carbocycles. The third-order valence-corrected chi connectivity index (χ3v) is 6.64. The van der Waals surface area contributed by atoms with Crippen molar-refractivity contribution in [2.75, 3.05) is 0 Å². The first kappa shape index (κ1) is 23.6. The van der Waals surface area contributed by atoms with E-state index in [-0.39, 0.29) is 11.8 Å². The van der Waals surface area contributed by atoms with Crippen LogP contribution in [0, 0.1) is 5.41 Å². The molecular weight excluding hydrogens is 394 g/mol. The van der Waals surface area contributed by atoms with Gasteiger partial charge in [0.1, 0.15) is 6.54 Å². The second-order valence-electron chi connectivity index (χ2n) is 9.21. The summed E-state index contributed by atoms with van der Waals surface area (Å²) in [6.07, 6.45) is 11.2. The highest BCUT2D eigenvalue weighted by atomic mass is 16.1. The summed E-state index contributed by atoms with van der Waals surface area (Å²) in [6, 6.07) is 17.4. The van der Waals surface area contributed by atoms with E-state index in [0.29, 0.717) is 0 Å². The molecule has 0 saturated heterocycles. The maximum absolute atomic E-state index is 11.9. The molecule has 4 heteroatoms. The van der Waals surface area contributed by atoms with Crippen LogP contribution in [0.4, 0.5) is 0 Å². The van der Waals surface area contributed by atoms with Gasteiger partial charge in [0.2, 0.25) is 5.91 Å². The Labute approximate surface area is 192 Å². The van der Waals surface area contributed by atoms with E-state index in [0.717, 1.165) is 32.4 Å². The van der Waals surface area contributed by atoms with E-state index < -0.39 is 5.41 Å². The van der Waals surface area contributed by atoms with Crippen molar-refractivity contribution in [1.82, 2.24) is 0 Å². The SMILES string of the molecule is CCC[n+]1ccc(-c2cc[n+](Cc3ccc(C(C)CC(C)(CC)C(N)=O)cc3)cc2)cc1. The van der Waals surface area contributed by atoms with Crippen molar-refractivity contribution in [3.05, 3.63) is 84.4 Å². The highest BCUT2D eigenvalue weighted by Crippen LogP contribution is 2.34. The van der Waals surface area contributed by atoms with Gasteiger partial charge in [-0.3, -0.25) is 4.79 Å². The van der Waals surface area contributed by atoms with Crippen LogP contribution >= 0.6 is 0 Å². The molecule has 2 N–H and O–H groups in total. The molecule has 3 aromatic rings. The standard InChI is InChI=1S/C28H36N3O/c1-5-15-30-16-11-25(12-17-30)26-13-18-31(19-14-26)21-23-7-9-24(10-8-23)22(3)20-28(4,6-2)27(29)32/h7-14,16-19,22H,5-6,15,20-21H2,1-4H3,(H-,29,32)/q+1/p+1. The fourth-order valence-corrected chi connectivity index (χ4v) is 4.19. The average molecular weight is 432 g/mol. The molecule has 0 aliphatic heterocycles. The number of aromatic nitrogens is 2. The van der Waals surface area contributed by atoms with Crippen LogP contribution in [0.15, 0.2) is 73.3 Å². The lowest BCUT2D eigenvalue weighted by Gasteiger charge is -2.28. The van der Waals surface area contributed by atoms with E-state index >= 15 is 0 Å². The monoisotopic (exact) mass is 431 g/mol. The van der Waals surface area contributed by atoms with Crippen LogP contribution in [0.5, 0.6) is 0 Å². The van der Waals surface area contributed by atoms with Gasteiger partial charge < -0.3 is 5.73 Å². The number of carbonyl (C=O) groups is 1. The van der Waals surface area contributed by atoms with Crippen molar-refractivity contribution in [3.63, 3.8) is 0 Å². The van der Waals surface area contributed by atoms with Crippen molar-refractivity contribution in [1.29, 1.82) is 0 Å². The number of pyridine rings is 2. The summed E-state index contributed by atoms with van der Waals surface area (Å²) in [7, 11) is 0. The molecule has 0 radical (unpaired) electrons. The molecule has 32 heavy (non-hydrogen) atoms. The Morgan fingerprint density at radius 3 is 1.91 bits per heavy atom. The van der Waals surface area contributed by atoms with Gasteiger partial charge in [0.25, 0.3) is 0 Å². The third-order valence-electron chi connectivity index (χ3n) is 6.64. The first-order chi connectivity index (χ1) is 15.3. The molecule has 0 spiro atoms. The number of benzene rings is 1. The zero-order valence-electron chi connectivity index (χ0n) is 19.9. The second kappa shape index (κ2) is 10.5. The highest BCUT2D eigenvalue weighted by Gasteiger charge is 2.31. The molecule has 168 valence electrons. The van der Waals surface area contributed by atoms with Crippen molar-refractivity contribution < 1.29 is 13.9 Å². The Balaban J connectivity index is 1.63. The Morgan fingerprint density at radius 1 is 0.906 bits per heavy atom. The summed E-state index contributed by atoms with van der Waals surface area (Å²) < 4.78 is 4.41. The Kier molecular flexibility index (Phi) is 7.79. The number of carbonyl (C=O) groups excluding carboxylic acids is 1. The zero-order chi connectivity index (χ0) is 23.1. The minimum atomic E-state index is -0.454. The fourth-order valence-electron chi connectivity index (χ4n) is 4.19. The Bertz CT molecular complexity index is 1010. The molecule has 0 fully saturated rings. The average Bonchev–Trinajstić information content (AvgIpc) is 2.80. The number of amides is 1. The third kappa shape index (κ3) is 5.82. The number of aryl methyl sites for hydroxylation is 1. The maximum Gasteiger partial charge on any atom is 0.223 e. The van der Waals surface area contributed by atoms with E-state index in [2.05, 4.69) is 96.3 Å². The summed E-state index contributed by atoms with van der Waals surface area (Å²) in [5, 5.41) is 0. The van der Waals surface area contributed by atoms with Gasteiger partial charge in [-0.1, -0.05) is 52.0 Å². The van der Waals surface area contributed by atoms with Gasteiger partial charge in [0, 0.05) is 41.7 Å². The topological polar surface area (TPSA) is 50.9 Å². The second-order valence-corrected chi connectivity index (χ2v) is 9.21. The molecule has 0 bridgehead atoms. The van der Waals surface area contributed by atoms with Crippen molar-refractivity contribution in [2.45, 2.75) is 66.0 Å². The van der Waals surface area contributed by atoms with Gasteiger partial charge in [-0.2, -0.15) is 0 Å². The van der Waals surface area contributed by atoms with Crippen LogP contribution in [0.2, 0.25) is 0 Å². The number of nitrogens with two attached hydrogens (primary N) is 1. The summed E-state index contributed by atoms with van der Waals surface area (Å²) in [5.41, 5.74) is 10.2. The lowest BCUT2D eigenvalue weighted by molar-refractivity contribution is -0.696. The van der Waals surface area contributed by atoms with Crippen LogP contribution < -0.4 is 14.9 Å². The predicted molar refractivity (Wildman–Crippen MR) is 129 cm³/mol. The minimum Gasteiger partial charge on any atom is -0.369 e. The van der Waals surface area contributed by atoms with Crippen LogP contribution in [-0.2, 0) is 17.9 Å². The van der Waals surface area contributed by atoms with Gasteiger partial charge in [-0.25, -0.2) is 9.13 Å². The lowest BCUT2D eigenvalue weighted by Crippen LogP contribution is -2.35. The molecule has 1 amide bonds. The molecule has 0 aliphatic carbocycles. The largest absolute Gasteiger partial charge is 0.369 e. The van der Waals surface area contributed by atoms with Crippen LogP contribution in [0.3, 0.4) is 0 Å². The van der Waals surface area contributed by atoms with Crippen LogP contribution in [-0.4, -0.2) is 5.91 Å². The van der Waals surface area contributed by atoms with E-state index in [1.54, 1.807) is 0 Å². The van der Waals surface area contributed by atoms with Crippen LogP contribution in [0.25, 0.3) is 11.1 Å². The van der Waals surface area contributed by atoms with Gasteiger partial charge in [-0.15, -0.1) is 0 Å². The fraction of sp³-hybridized carbons (Fsp3) is 0.393. The highest BCUT2D eigenvalue weighted by molar-refractivity contribution is 5.80. The first-order valence-corrected chi connectivity index (χ1v) is 11.7. The van der Waals surface area contributed by atoms with Crippen LogP contribution in [0.1, 0.15) is 64.0 Å². The molecule has 0 aliphatic rings. The van der Waals surface area contributed by atoms with Gasteiger partial charge >= 0.3 is 0 Å². The Hall–Kier alpha value is -3.01. The molecule has 4 nitrogen and oxygen atoms in total. The minimum absolute atomic E-state index is 0.209. The van der Waals surface area contributed by atoms with Gasteiger partial charge in [0.15, 0.2) is 31.3 Å². The number of rotatable bonds is 10. The van der Waals surface area contributed by atoms with Crippen molar-refractivity contribution >= 4 is 5.91 Å². The van der Waals surface area contributed by atoms with E-state index in [1.807, 2.05) is 13.8 Å². The van der Waals surface area contributed by atoms with E-state index in [9.17, 15) is 4.79 Å². The molecular formula is C28H37N3O+2. The zero-order valence-corrected chi connectivity index (χ0v) is 19.9. The summed E-state index contributed by atoms with van der Waals surface area (Å²) in [6.45, 7) is 10.2. The summed E-state index contributed by atoms with van der Waals surface area (Å²) in [4.78, 5) is 11.9. The number of hydrogen-bond donors (Lipinski definition) is 1. The molecule has 2 unspecified atom stereocenters. The molecule has 2 aromatic heterocycles. The summed E-state index contributed by atoms with van der Waals surface area (Å²) >= 11 is 0. The van der Waals surface area contributed by atoms with Crippen molar-refractivity contribution in [3.8, 4) is 11.1 Å². The molecule has 2 heterocycles. The van der Waals surface area contributed by atoms with Crippen molar-refractivity contribution in [2.24, 2.45) is 11.1 Å². The first-order valence-electron chi connectivity index (χ1n) is 11.7. The maximum atomic E-state index is 11.9.